The van der Waals surface area contributed by atoms with Gasteiger partial charge in [0.25, 0.3) is 0 Å². The second kappa shape index (κ2) is 7.64. The number of carbonyl (C=O) groups is 1. The van der Waals surface area contributed by atoms with Crippen LogP contribution in [0.5, 0.6) is 0 Å². The molecule has 0 aromatic carbocycles. The number of piperidine rings is 1. The van der Waals surface area contributed by atoms with Crippen molar-refractivity contribution in [2.45, 2.75) is 70.3 Å². The fourth-order valence-corrected chi connectivity index (χ4v) is 4.19. The molecule has 1 saturated heterocycles. The SMILES string of the molecule is Cc1ccc(C[C@H]2CCCN(C(=O)CC3(O)CCCCC3)C2)cn1. The fourth-order valence-electron chi connectivity index (χ4n) is 4.19. The van der Waals surface area contributed by atoms with Gasteiger partial charge in [-0.2, -0.15) is 0 Å². The fraction of sp³-hybridized carbons (Fsp3) is 0.700. The first-order valence-electron chi connectivity index (χ1n) is 9.46. The molecule has 0 radical (unpaired) electrons. The third-order valence-electron chi connectivity index (χ3n) is 5.63. The van der Waals surface area contributed by atoms with E-state index in [1.807, 2.05) is 18.0 Å². The van der Waals surface area contributed by atoms with Crippen molar-refractivity contribution in [3.63, 3.8) is 0 Å². The predicted octanol–water partition coefficient (Wildman–Crippen LogP) is 3.26. The molecule has 1 aromatic heterocycles. The maximum absolute atomic E-state index is 12.7. The zero-order chi connectivity index (χ0) is 17.0. The number of aromatic nitrogens is 1. The highest BCUT2D eigenvalue weighted by molar-refractivity contribution is 5.77. The molecule has 0 unspecified atom stereocenters. The van der Waals surface area contributed by atoms with Gasteiger partial charge in [-0.1, -0.05) is 25.3 Å². The number of hydrogen-bond donors (Lipinski definition) is 1. The summed E-state index contributed by atoms with van der Waals surface area (Å²) in [6, 6.07) is 4.20. The van der Waals surface area contributed by atoms with Crippen LogP contribution in [0.2, 0.25) is 0 Å². The van der Waals surface area contributed by atoms with Gasteiger partial charge in [0.1, 0.15) is 0 Å². The van der Waals surface area contributed by atoms with Crippen LogP contribution in [0.4, 0.5) is 0 Å². The van der Waals surface area contributed by atoms with Crippen LogP contribution in [-0.4, -0.2) is 39.6 Å². The Labute approximate surface area is 145 Å². The van der Waals surface area contributed by atoms with Crippen molar-refractivity contribution in [3.8, 4) is 0 Å². The van der Waals surface area contributed by atoms with Crippen LogP contribution in [0.15, 0.2) is 18.3 Å². The molecule has 0 bridgehead atoms. The van der Waals surface area contributed by atoms with Crippen LogP contribution in [-0.2, 0) is 11.2 Å². The summed E-state index contributed by atoms with van der Waals surface area (Å²) in [5.41, 5.74) is 1.55. The molecule has 2 fully saturated rings. The minimum Gasteiger partial charge on any atom is -0.389 e. The summed E-state index contributed by atoms with van der Waals surface area (Å²) in [5, 5.41) is 10.6. The van der Waals surface area contributed by atoms with E-state index in [0.717, 1.165) is 57.3 Å². The average Bonchev–Trinajstić information content (AvgIpc) is 2.57. The van der Waals surface area contributed by atoms with Crippen LogP contribution >= 0.6 is 0 Å². The molecule has 1 aromatic rings. The van der Waals surface area contributed by atoms with Crippen LogP contribution in [0.25, 0.3) is 0 Å². The molecule has 1 atom stereocenters. The van der Waals surface area contributed by atoms with E-state index in [9.17, 15) is 9.90 Å². The Morgan fingerprint density at radius 1 is 1.29 bits per heavy atom. The second-order valence-corrected chi connectivity index (χ2v) is 7.82. The lowest BCUT2D eigenvalue weighted by Gasteiger charge is -2.37. The lowest BCUT2D eigenvalue weighted by molar-refractivity contribution is -0.139. The Morgan fingerprint density at radius 3 is 2.79 bits per heavy atom. The number of carbonyl (C=O) groups excluding carboxylic acids is 1. The van der Waals surface area contributed by atoms with E-state index in [1.165, 1.54) is 18.4 Å². The number of aryl methyl sites for hydroxylation is 1. The lowest BCUT2D eigenvalue weighted by Crippen LogP contribution is -2.45. The number of likely N-dealkylation sites (tertiary alicyclic amines) is 1. The molecule has 3 rings (SSSR count). The standard InChI is InChI=1S/C20H30N2O2/c1-16-7-8-17(14-21-16)12-18-6-5-11-22(15-18)19(23)13-20(24)9-3-2-4-10-20/h7-8,14,18,24H,2-6,9-13,15H2,1H3/t18-/m1/s1. The Kier molecular flexibility index (Phi) is 5.54. The molecule has 1 N–H and O–H groups in total. The summed E-state index contributed by atoms with van der Waals surface area (Å²) in [4.78, 5) is 19.0. The van der Waals surface area contributed by atoms with Gasteiger partial charge in [0.2, 0.25) is 5.91 Å². The van der Waals surface area contributed by atoms with Gasteiger partial charge in [0.15, 0.2) is 0 Å². The van der Waals surface area contributed by atoms with E-state index >= 15 is 0 Å². The van der Waals surface area contributed by atoms with Crippen molar-refractivity contribution in [3.05, 3.63) is 29.6 Å². The Balaban J connectivity index is 1.54. The summed E-state index contributed by atoms with van der Waals surface area (Å²) < 4.78 is 0. The predicted molar refractivity (Wildman–Crippen MR) is 94.6 cm³/mol. The summed E-state index contributed by atoms with van der Waals surface area (Å²) in [5.74, 6) is 0.652. The van der Waals surface area contributed by atoms with Crippen LogP contribution in [0, 0.1) is 12.8 Å². The number of pyridine rings is 1. The average molecular weight is 330 g/mol. The van der Waals surface area contributed by atoms with Crippen molar-refractivity contribution < 1.29 is 9.90 Å². The Morgan fingerprint density at radius 2 is 2.08 bits per heavy atom. The van der Waals surface area contributed by atoms with Crippen molar-refractivity contribution in [2.75, 3.05) is 13.1 Å². The molecule has 1 aliphatic carbocycles. The van der Waals surface area contributed by atoms with Crippen molar-refractivity contribution in [1.29, 1.82) is 0 Å². The van der Waals surface area contributed by atoms with Crippen molar-refractivity contribution in [2.24, 2.45) is 5.92 Å². The minimum absolute atomic E-state index is 0.145. The van der Waals surface area contributed by atoms with E-state index in [-0.39, 0.29) is 5.91 Å². The van der Waals surface area contributed by atoms with E-state index in [2.05, 4.69) is 17.1 Å². The first-order valence-corrected chi connectivity index (χ1v) is 9.46. The lowest BCUT2D eigenvalue weighted by atomic mass is 9.82. The van der Waals surface area contributed by atoms with Gasteiger partial charge in [-0.25, -0.2) is 0 Å². The van der Waals surface area contributed by atoms with Gasteiger partial charge in [-0.3, -0.25) is 9.78 Å². The van der Waals surface area contributed by atoms with Gasteiger partial charge in [0.05, 0.1) is 12.0 Å². The summed E-state index contributed by atoms with van der Waals surface area (Å²) in [6.07, 6.45) is 10.3. The highest BCUT2D eigenvalue weighted by atomic mass is 16.3. The van der Waals surface area contributed by atoms with E-state index in [4.69, 9.17) is 0 Å². The zero-order valence-corrected chi connectivity index (χ0v) is 14.8. The normalized spacial score (nSPS) is 23.9. The van der Waals surface area contributed by atoms with Crippen LogP contribution in [0.3, 0.4) is 0 Å². The van der Waals surface area contributed by atoms with Gasteiger partial charge in [-0.15, -0.1) is 0 Å². The Hall–Kier alpha value is -1.42. The molecule has 1 saturated carbocycles. The number of amides is 1. The number of aliphatic hydroxyl groups is 1. The Bertz CT molecular complexity index is 549. The van der Waals surface area contributed by atoms with E-state index < -0.39 is 5.60 Å². The van der Waals surface area contributed by atoms with E-state index in [0.29, 0.717) is 12.3 Å². The summed E-state index contributed by atoms with van der Waals surface area (Å²) in [6.45, 7) is 3.67. The quantitative estimate of drug-likeness (QED) is 0.922. The minimum atomic E-state index is -0.747. The van der Waals surface area contributed by atoms with Crippen LogP contribution < -0.4 is 0 Å². The molecule has 4 nitrogen and oxygen atoms in total. The third-order valence-corrected chi connectivity index (χ3v) is 5.63. The van der Waals surface area contributed by atoms with Gasteiger partial charge in [0, 0.05) is 25.0 Å². The van der Waals surface area contributed by atoms with E-state index in [1.54, 1.807) is 0 Å². The molecule has 24 heavy (non-hydrogen) atoms. The molecule has 4 heteroatoms. The summed E-state index contributed by atoms with van der Waals surface area (Å²) >= 11 is 0. The number of rotatable bonds is 4. The van der Waals surface area contributed by atoms with Gasteiger partial charge >= 0.3 is 0 Å². The summed E-state index contributed by atoms with van der Waals surface area (Å²) in [7, 11) is 0. The largest absolute Gasteiger partial charge is 0.389 e. The van der Waals surface area contributed by atoms with Crippen molar-refractivity contribution in [1.82, 2.24) is 9.88 Å². The topological polar surface area (TPSA) is 53.4 Å². The molecular formula is C20H30N2O2. The number of nitrogens with zero attached hydrogens (tertiary/aromatic N) is 2. The maximum Gasteiger partial charge on any atom is 0.225 e. The molecule has 132 valence electrons. The highest BCUT2D eigenvalue weighted by Crippen LogP contribution is 2.32. The molecule has 2 heterocycles. The molecule has 1 amide bonds. The smallest absolute Gasteiger partial charge is 0.225 e. The monoisotopic (exact) mass is 330 g/mol. The molecule has 1 aliphatic heterocycles. The number of hydrogen-bond acceptors (Lipinski definition) is 3. The molecular weight excluding hydrogens is 300 g/mol. The van der Waals surface area contributed by atoms with Gasteiger partial charge in [-0.05, 0) is 56.6 Å². The molecule has 0 spiro atoms. The first-order chi connectivity index (χ1) is 11.5. The third kappa shape index (κ3) is 4.56. The van der Waals surface area contributed by atoms with Crippen LogP contribution in [0.1, 0.15) is 62.6 Å². The van der Waals surface area contributed by atoms with Gasteiger partial charge < -0.3 is 10.0 Å². The molecule has 2 aliphatic rings. The highest BCUT2D eigenvalue weighted by Gasteiger charge is 2.34. The zero-order valence-electron chi connectivity index (χ0n) is 14.8. The maximum atomic E-state index is 12.7. The van der Waals surface area contributed by atoms with Crippen molar-refractivity contribution >= 4 is 5.91 Å². The second-order valence-electron chi connectivity index (χ2n) is 7.82. The first kappa shape index (κ1) is 17.4.